The van der Waals surface area contributed by atoms with E-state index in [1.165, 1.54) is 0 Å². The number of nitrogens with zero attached hydrogens (tertiary/aromatic N) is 1. The van der Waals surface area contributed by atoms with Gasteiger partial charge in [-0.25, -0.2) is 0 Å². The van der Waals surface area contributed by atoms with Gasteiger partial charge in [-0.1, -0.05) is 16.8 Å². The number of halogens is 1. The highest BCUT2D eigenvalue weighted by molar-refractivity contribution is 6.65. The molecule has 0 spiro atoms. The van der Waals surface area contributed by atoms with Gasteiger partial charge in [-0.3, -0.25) is 0 Å². The Morgan fingerprint density at radius 3 is 3.10 bits per heavy atom. The Balaban J connectivity index is 2.34. The molecule has 0 fully saturated rings. The molecular weight excluding hydrogens is 156 g/mol. The molecule has 58 valence electrons. The molecule has 1 aliphatic rings. The fraction of sp³-hybridized carbons (Fsp3) is 0.800. The minimum absolute atomic E-state index is 0.107. The monoisotopic (exact) mass is 164 g/mol. The topological polar surface area (TPSA) is 67.8 Å². The van der Waals surface area contributed by atoms with Crippen molar-refractivity contribution in [3.05, 3.63) is 0 Å². The molecule has 5 heteroatoms. The van der Waals surface area contributed by atoms with E-state index in [1.54, 1.807) is 0 Å². The molecule has 0 aromatic heterocycles. The number of nitrogens with two attached hydrogens (primary N) is 1. The van der Waals surface area contributed by atoms with E-state index in [-0.39, 0.29) is 18.8 Å². The van der Waals surface area contributed by atoms with E-state index in [9.17, 15) is 0 Å². The molecule has 0 aromatic rings. The van der Waals surface area contributed by atoms with E-state index in [4.69, 9.17) is 27.3 Å². The van der Waals surface area contributed by atoms with Crippen molar-refractivity contribution in [3.8, 4) is 0 Å². The van der Waals surface area contributed by atoms with Crippen LogP contribution in [0.2, 0.25) is 0 Å². The summed E-state index contributed by atoms with van der Waals surface area (Å²) in [5.74, 6) is 0. The van der Waals surface area contributed by atoms with Crippen LogP contribution in [0.3, 0.4) is 0 Å². The molecule has 0 saturated heterocycles. The van der Waals surface area contributed by atoms with Crippen LogP contribution in [-0.2, 0) is 4.84 Å². The number of oxime groups is 1. The maximum atomic E-state index is 8.58. The summed E-state index contributed by atoms with van der Waals surface area (Å²) in [6.45, 7) is -0.107. The zero-order chi connectivity index (χ0) is 7.56. The molecule has 0 radical (unpaired) electrons. The van der Waals surface area contributed by atoms with Crippen LogP contribution in [0.25, 0.3) is 0 Å². The van der Waals surface area contributed by atoms with Gasteiger partial charge < -0.3 is 15.7 Å². The Kier molecular flexibility index (Phi) is 2.48. The predicted octanol–water partition coefficient (Wildman–Crippen LogP) is -0.353. The van der Waals surface area contributed by atoms with Crippen molar-refractivity contribution in [1.82, 2.24) is 0 Å². The maximum Gasteiger partial charge on any atom is 0.151 e. The van der Waals surface area contributed by atoms with Crippen LogP contribution in [0.4, 0.5) is 0 Å². The molecule has 1 rings (SSSR count). The van der Waals surface area contributed by atoms with E-state index in [2.05, 4.69) is 5.16 Å². The molecule has 0 aliphatic carbocycles. The second-order valence-corrected chi connectivity index (χ2v) is 2.60. The lowest BCUT2D eigenvalue weighted by molar-refractivity contribution is 0.0484. The molecule has 0 bridgehead atoms. The van der Waals surface area contributed by atoms with E-state index in [0.717, 1.165) is 0 Å². The standard InChI is InChI=1S/C5H9ClN2O2/c6-5-1-4(10-8-5)3(7)2-9/h3-4,9H,1-2,7H2/t3-,4+/m1/s1. The van der Waals surface area contributed by atoms with E-state index < -0.39 is 0 Å². The lowest BCUT2D eigenvalue weighted by Gasteiger charge is -2.13. The second kappa shape index (κ2) is 3.18. The summed E-state index contributed by atoms with van der Waals surface area (Å²) in [5, 5.41) is 12.5. The molecule has 1 heterocycles. The second-order valence-electron chi connectivity index (χ2n) is 2.16. The molecular formula is C5H9ClN2O2. The van der Waals surface area contributed by atoms with Crippen molar-refractivity contribution in [3.63, 3.8) is 0 Å². The molecule has 10 heavy (non-hydrogen) atoms. The van der Waals surface area contributed by atoms with Gasteiger partial charge in [0.05, 0.1) is 12.6 Å². The number of rotatable bonds is 2. The summed E-state index contributed by atoms with van der Waals surface area (Å²) >= 11 is 5.50. The van der Waals surface area contributed by atoms with Crippen molar-refractivity contribution in [1.29, 1.82) is 0 Å². The average molecular weight is 165 g/mol. The van der Waals surface area contributed by atoms with Crippen molar-refractivity contribution in [2.75, 3.05) is 6.61 Å². The van der Waals surface area contributed by atoms with Crippen molar-refractivity contribution < 1.29 is 9.94 Å². The van der Waals surface area contributed by atoms with Crippen LogP contribution < -0.4 is 5.73 Å². The van der Waals surface area contributed by atoms with Crippen LogP contribution in [0, 0.1) is 0 Å². The normalized spacial score (nSPS) is 27.5. The van der Waals surface area contributed by atoms with Crippen LogP contribution in [-0.4, -0.2) is 29.0 Å². The lowest BCUT2D eigenvalue weighted by Crippen LogP contribution is -2.37. The highest BCUT2D eigenvalue weighted by Gasteiger charge is 2.25. The van der Waals surface area contributed by atoms with Gasteiger partial charge in [0.25, 0.3) is 0 Å². The molecule has 4 nitrogen and oxygen atoms in total. The number of aliphatic hydroxyl groups excluding tert-OH is 1. The Morgan fingerprint density at radius 2 is 2.70 bits per heavy atom. The average Bonchev–Trinajstić information content (AvgIpc) is 2.34. The highest BCUT2D eigenvalue weighted by Crippen LogP contribution is 2.14. The van der Waals surface area contributed by atoms with Crippen molar-refractivity contribution in [2.24, 2.45) is 10.9 Å². The Hall–Kier alpha value is -0.320. The molecule has 0 amide bonds. The minimum atomic E-state index is -0.389. The molecule has 0 aromatic carbocycles. The van der Waals surface area contributed by atoms with E-state index >= 15 is 0 Å². The van der Waals surface area contributed by atoms with Gasteiger partial charge in [0.1, 0.15) is 5.17 Å². The van der Waals surface area contributed by atoms with Gasteiger partial charge in [0.2, 0.25) is 0 Å². The van der Waals surface area contributed by atoms with Gasteiger partial charge >= 0.3 is 0 Å². The minimum Gasteiger partial charge on any atom is -0.395 e. The Morgan fingerprint density at radius 1 is 2.00 bits per heavy atom. The highest BCUT2D eigenvalue weighted by atomic mass is 35.5. The zero-order valence-corrected chi connectivity index (χ0v) is 6.08. The molecule has 0 saturated carbocycles. The van der Waals surface area contributed by atoms with Gasteiger partial charge in [0, 0.05) is 6.42 Å². The number of hydrogen-bond donors (Lipinski definition) is 2. The van der Waals surface area contributed by atoms with Crippen LogP contribution >= 0.6 is 11.6 Å². The molecule has 1 aliphatic heterocycles. The van der Waals surface area contributed by atoms with Gasteiger partial charge in [-0.05, 0) is 0 Å². The maximum absolute atomic E-state index is 8.58. The predicted molar refractivity (Wildman–Crippen MR) is 37.8 cm³/mol. The SMILES string of the molecule is N[C@H](CO)[C@@H]1CC(Cl)=NO1. The summed E-state index contributed by atoms with van der Waals surface area (Å²) in [4.78, 5) is 4.79. The van der Waals surface area contributed by atoms with Crippen LogP contribution in [0.5, 0.6) is 0 Å². The smallest absolute Gasteiger partial charge is 0.151 e. The van der Waals surface area contributed by atoms with Crippen molar-refractivity contribution >= 4 is 16.8 Å². The first-order valence-corrected chi connectivity index (χ1v) is 3.36. The van der Waals surface area contributed by atoms with Crippen LogP contribution in [0.1, 0.15) is 6.42 Å². The summed E-state index contributed by atoms with van der Waals surface area (Å²) in [7, 11) is 0. The molecule has 0 unspecified atom stereocenters. The summed E-state index contributed by atoms with van der Waals surface area (Å²) in [6.07, 6.45) is 0.251. The first-order valence-electron chi connectivity index (χ1n) is 2.98. The molecule has 3 N–H and O–H groups in total. The lowest BCUT2D eigenvalue weighted by atomic mass is 10.1. The third kappa shape index (κ3) is 1.59. The first kappa shape index (κ1) is 7.78. The van der Waals surface area contributed by atoms with Gasteiger partial charge in [-0.2, -0.15) is 0 Å². The van der Waals surface area contributed by atoms with E-state index in [0.29, 0.717) is 11.6 Å². The largest absolute Gasteiger partial charge is 0.395 e. The zero-order valence-electron chi connectivity index (χ0n) is 5.33. The summed E-state index contributed by atoms with van der Waals surface area (Å²) < 4.78 is 0. The van der Waals surface area contributed by atoms with Crippen molar-refractivity contribution in [2.45, 2.75) is 18.6 Å². The third-order valence-electron chi connectivity index (χ3n) is 1.35. The summed E-state index contributed by atoms with van der Waals surface area (Å²) in [6, 6.07) is -0.389. The fourth-order valence-electron chi connectivity index (χ4n) is 0.713. The van der Waals surface area contributed by atoms with Crippen LogP contribution in [0.15, 0.2) is 5.16 Å². The first-order chi connectivity index (χ1) is 4.74. The fourth-order valence-corrected chi connectivity index (χ4v) is 0.904. The van der Waals surface area contributed by atoms with E-state index in [1.807, 2.05) is 0 Å². The molecule has 2 atom stereocenters. The van der Waals surface area contributed by atoms with Gasteiger partial charge in [-0.15, -0.1) is 0 Å². The summed E-state index contributed by atoms with van der Waals surface area (Å²) in [5.41, 5.74) is 5.43. The third-order valence-corrected chi connectivity index (χ3v) is 1.57. The van der Waals surface area contributed by atoms with Gasteiger partial charge in [0.15, 0.2) is 6.10 Å². The quantitative estimate of drug-likeness (QED) is 0.586. The Labute approximate surface area is 63.6 Å². The number of aliphatic hydroxyl groups is 1. The number of hydrogen-bond acceptors (Lipinski definition) is 4. The Bertz CT molecular complexity index is 151.